The summed E-state index contributed by atoms with van der Waals surface area (Å²) in [5.74, 6) is -0.0644. The summed E-state index contributed by atoms with van der Waals surface area (Å²) in [6.45, 7) is 7.60. The molecule has 1 aliphatic carbocycles. The number of piperidine rings is 1. The van der Waals surface area contributed by atoms with Gasteiger partial charge in [-0.15, -0.1) is 10.2 Å². The number of benzene rings is 2. The molecule has 1 aliphatic heterocycles. The Hall–Kier alpha value is -2.81. The van der Waals surface area contributed by atoms with Crippen LogP contribution >= 0.6 is 22.9 Å². The molecule has 2 heterocycles. The molecule has 0 radical (unpaired) electrons. The van der Waals surface area contributed by atoms with E-state index in [4.69, 9.17) is 16.7 Å². The van der Waals surface area contributed by atoms with E-state index in [1.165, 1.54) is 28.0 Å². The van der Waals surface area contributed by atoms with Gasteiger partial charge in [-0.3, -0.25) is 19.4 Å². The zero-order chi connectivity index (χ0) is 26.8. The molecule has 38 heavy (non-hydrogen) atoms. The third-order valence-corrected chi connectivity index (χ3v) is 8.95. The Labute approximate surface area is 232 Å². The fraction of sp³-hybridized carbons (Fsp3) is 0.448. The predicted octanol–water partition coefficient (Wildman–Crippen LogP) is 6.22. The number of amides is 1. The number of carboxylic acid groups (broad SMARTS) is 1. The molecule has 7 nitrogen and oxygen atoms in total. The van der Waals surface area contributed by atoms with Gasteiger partial charge in [0.1, 0.15) is 5.01 Å². The van der Waals surface area contributed by atoms with Gasteiger partial charge in [0, 0.05) is 25.1 Å². The molecule has 0 spiro atoms. The van der Waals surface area contributed by atoms with Crippen LogP contribution in [0.2, 0.25) is 5.02 Å². The molecule has 2 aliphatic rings. The summed E-state index contributed by atoms with van der Waals surface area (Å²) in [5.41, 5.74) is 5.19. The molecule has 0 atom stereocenters. The van der Waals surface area contributed by atoms with Gasteiger partial charge in [0.15, 0.2) is 0 Å². The van der Waals surface area contributed by atoms with Gasteiger partial charge in [-0.05, 0) is 105 Å². The van der Waals surface area contributed by atoms with Gasteiger partial charge < -0.3 is 5.11 Å². The van der Waals surface area contributed by atoms with Crippen molar-refractivity contribution in [3.05, 3.63) is 63.7 Å². The maximum atomic E-state index is 13.4. The van der Waals surface area contributed by atoms with Crippen LogP contribution in [0.15, 0.2) is 36.4 Å². The Kier molecular flexibility index (Phi) is 8.12. The molecule has 1 aromatic heterocycles. The second-order valence-electron chi connectivity index (χ2n) is 10.6. The first-order valence-corrected chi connectivity index (χ1v) is 14.4. The van der Waals surface area contributed by atoms with Crippen LogP contribution in [0, 0.1) is 25.7 Å². The summed E-state index contributed by atoms with van der Waals surface area (Å²) < 4.78 is 0. The second kappa shape index (κ2) is 11.5. The number of carbonyl (C=O) groups is 2. The van der Waals surface area contributed by atoms with Crippen molar-refractivity contribution in [2.75, 3.05) is 24.5 Å². The molecular formula is C29H33ClN4O3S. The number of anilines is 1. The van der Waals surface area contributed by atoms with Crippen LogP contribution < -0.4 is 4.90 Å². The van der Waals surface area contributed by atoms with Crippen LogP contribution in [0.1, 0.15) is 59.2 Å². The molecule has 1 saturated carbocycles. The molecule has 0 bridgehead atoms. The summed E-state index contributed by atoms with van der Waals surface area (Å²) in [7, 11) is 0. The normalized spacial score (nSPS) is 16.5. The number of aryl methyl sites for hydroxylation is 2. The number of aromatic nitrogens is 2. The third-order valence-electron chi connectivity index (χ3n) is 7.63. The maximum Gasteiger partial charge on any atom is 0.303 e. The van der Waals surface area contributed by atoms with Crippen molar-refractivity contribution in [1.82, 2.24) is 15.1 Å². The van der Waals surface area contributed by atoms with Crippen molar-refractivity contribution < 1.29 is 14.7 Å². The van der Waals surface area contributed by atoms with Crippen molar-refractivity contribution in [1.29, 1.82) is 0 Å². The van der Waals surface area contributed by atoms with Gasteiger partial charge in [-0.25, -0.2) is 0 Å². The van der Waals surface area contributed by atoms with E-state index >= 15 is 0 Å². The number of halogens is 1. The average Bonchev–Trinajstić information content (AvgIpc) is 3.58. The van der Waals surface area contributed by atoms with Gasteiger partial charge in [-0.2, -0.15) is 0 Å². The van der Waals surface area contributed by atoms with Crippen molar-refractivity contribution in [3.63, 3.8) is 0 Å². The highest BCUT2D eigenvalue weighted by Crippen LogP contribution is 2.36. The minimum atomic E-state index is -0.700. The van der Waals surface area contributed by atoms with E-state index in [1.54, 1.807) is 17.0 Å². The van der Waals surface area contributed by atoms with Crippen LogP contribution in [0.25, 0.3) is 10.6 Å². The minimum absolute atomic E-state index is 0.139. The van der Waals surface area contributed by atoms with E-state index in [0.717, 1.165) is 55.9 Å². The van der Waals surface area contributed by atoms with E-state index in [1.807, 2.05) is 12.1 Å². The van der Waals surface area contributed by atoms with E-state index < -0.39 is 5.97 Å². The molecule has 1 N–H and O–H groups in total. The first kappa shape index (κ1) is 26.8. The summed E-state index contributed by atoms with van der Waals surface area (Å²) in [4.78, 5) is 28.6. The molecule has 9 heteroatoms. The molecule has 1 saturated heterocycles. The SMILES string of the molecule is Cc1cc(-c2nnc(N(CC3CC3)C(=O)c3ccccc3Cl)s2)cc(C)c1CN1CCC(CC(=O)O)CC1. The highest BCUT2D eigenvalue weighted by atomic mass is 35.5. The molecule has 2 fully saturated rings. The number of aliphatic carboxylic acids is 1. The van der Waals surface area contributed by atoms with E-state index in [0.29, 0.717) is 28.2 Å². The van der Waals surface area contributed by atoms with E-state index in [9.17, 15) is 9.59 Å². The number of hydrogen-bond acceptors (Lipinski definition) is 6. The fourth-order valence-corrected chi connectivity index (χ4v) is 6.27. The molecule has 3 aromatic rings. The lowest BCUT2D eigenvalue weighted by Crippen LogP contribution is -2.34. The van der Waals surface area contributed by atoms with E-state index in [-0.39, 0.29) is 18.2 Å². The highest BCUT2D eigenvalue weighted by molar-refractivity contribution is 7.18. The van der Waals surface area contributed by atoms with Gasteiger partial charge in [-0.1, -0.05) is 35.1 Å². The number of likely N-dealkylation sites (tertiary alicyclic amines) is 1. The predicted molar refractivity (Wildman–Crippen MR) is 151 cm³/mol. The van der Waals surface area contributed by atoms with Crippen LogP contribution in [0.3, 0.4) is 0 Å². The number of rotatable bonds is 9. The van der Waals surface area contributed by atoms with Crippen LogP contribution in [-0.4, -0.2) is 51.7 Å². The maximum absolute atomic E-state index is 13.4. The fourth-order valence-electron chi connectivity index (χ4n) is 5.21. The Morgan fingerprint density at radius 2 is 1.74 bits per heavy atom. The Morgan fingerprint density at radius 3 is 2.37 bits per heavy atom. The molecule has 5 rings (SSSR count). The quantitative estimate of drug-likeness (QED) is 0.339. The van der Waals surface area contributed by atoms with Crippen LogP contribution in [-0.2, 0) is 11.3 Å². The Bertz CT molecular complexity index is 1310. The Morgan fingerprint density at radius 1 is 1.05 bits per heavy atom. The zero-order valence-corrected chi connectivity index (χ0v) is 23.4. The van der Waals surface area contributed by atoms with Gasteiger partial charge >= 0.3 is 5.97 Å². The monoisotopic (exact) mass is 552 g/mol. The van der Waals surface area contributed by atoms with E-state index in [2.05, 4.69) is 41.1 Å². The highest BCUT2D eigenvalue weighted by Gasteiger charge is 2.31. The van der Waals surface area contributed by atoms with Gasteiger partial charge in [0.25, 0.3) is 5.91 Å². The number of carbonyl (C=O) groups excluding carboxylic acids is 1. The smallest absolute Gasteiger partial charge is 0.303 e. The molecule has 0 unspecified atom stereocenters. The number of hydrogen-bond donors (Lipinski definition) is 1. The summed E-state index contributed by atoms with van der Waals surface area (Å²) in [6.07, 6.45) is 4.37. The van der Waals surface area contributed by atoms with Crippen LogP contribution in [0.4, 0.5) is 5.13 Å². The van der Waals surface area contributed by atoms with Gasteiger partial charge in [0.05, 0.1) is 10.6 Å². The summed E-state index contributed by atoms with van der Waals surface area (Å²) >= 11 is 7.78. The largest absolute Gasteiger partial charge is 0.481 e. The van der Waals surface area contributed by atoms with Crippen molar-refractivity contribution in [3.8, 4) is 10.6 Å². The molecule has 1 amide bonds. The molecule has 2 aromatic carbocycles. The lowest BCUT2D eigenvalue weighted by Gasteiger charge is -2.32. The number of nitrogens with zero attached hydrogens (tertiary/aromatic N) is 4. The Balaban J connectivity index is 1.32. The summed E-state index contributed by atoms with van der Waals surface area (Å²) in [6, 6.07) is 11.5. The van der Waals surface area contributed by atoms with Crippen molar-refractivity contribution in [2.45, 2.75) is 52.5 Å². The first-order chi connectivity index (χ1) is 18.3. The second-order valence-corrected chi connectivity index (χ2v) is 12.0. The van der Waals surface area contributed by atoms with Crippen molar-refractivity contribution >= 4 is 39.9 Å². The molecule has 200 valence electrons. The molecular weight excluding hydrogens is 520 g/mol. The lowest BCUT2D eigenvalue weighted by molar-refractivity contribution is -0.138. The topological polar surface area (TPSA) is 86.6 Å². The standard InChI is InChI=1S/C29H33ClN4O3S/c1-18-13-22(14-19(2)24(18)17-33-11-9-20(10-12-33)15-26(35)36)27-31-32-29(38-27)34(16-21-7-8-21)28(37)23-5-3-4-6-25(23)30/h3-6,13-14,20-21H,7-12,15-17H2,1-2H3,(H,35,36). The van der Waals surface area contributed by atoms with Gasteiger partial charge in [0.2, 0.25) is 5.13 Å². The van der Waals surface area contributed by atoms with Crippen molar-refractivity contribution in [2.24, 2.45) is 11.8 Å². The first-order valence-electron chi connectivity index (χ1n) is 13.2. The van der Waals surface area contributed by atoms with Crippen LogP contribution in [0.5, 0.6) is 0 Å². The zero-order valence-electron chi connectivity index (χ0n) is 21.8. The average molecular weight is 553 g/mol. The minimum Gasteiger partial charge on any atom is -0.481 e. The summed E-state index contributed by atoms with van der Waals surface area (Å²) in [5, 5.41) is 19.8. The third kappa shape index (κ3) is 6.25. The number of carboxylic acids is 1. The lowest BCUT2D eigenvalue weighted by atomic mass is 9.92.